The van der Waals surface area contributed by atoms with Crippen LogP contribution in [-0.2, 0) is 0 Å². The molecule has 3 aromatic rings. The van der Waals surface area contributed by atoms with E-state index in [1.165, 1.54) is 24.2 Å². The Bertz CT molecular complexity index is 1170. The van der Waals surface area contributed by atoms with Crippen molar-refractivity contribution in [3.05, 3.63) is 23.7 Å². The van der Waals surface area contributed by atoms with E-state index in [0.717, 1.165) is 33.2 Å². The number of aliphatic hydroxyl groups excluding tert-OH is 2. The molecule has 0 saturated heterocycles. The number of fused-ring (bicyclic) bond motifs is 1. The molecule has 0 bridgehead atoms. The number of thiazole rings is 1. The minimum Gasteiger partial charge on any atom is -0.390 e. The lowest BCUT2D eigenvalue weighted by Gasteiger charge is -2.31. The fraction of sp³-hybridized carbons (Fsp3) is 0.600. The van der Waals surface area contributed by atoms with Crippen LogP contribution in [0.15, 0.2) is 12.3 Å². The molecule has 4 rings (SSSR count). The minimum atomic E-state index is -1.29. The number of hydrogen-bond donors (Lipinski definition) is 5. The predicted molar refractivity (Wildman–Crippen MR) is 139 cm³/mol. The molecule has 10 heteroatoms. The van der Waals surface area contributed by atoms with Crippen molar-refractivity contribution in [1.29, 1.82) is 0 Å². The molecular formula is C25H36N6O3S. The van der Waals surface area contributed by atoms with Crippen LogP contribution in [0.3, 0.4) is 0 Å². The molecule has 0 aliphatic heterocycles. The number of anilines is 2. The fourth-order valence-electron chi connectivity index (χ4n) is 4.29. The molecule has 1 saturated carbocycles. The van der Waals surface area contributed by atoms with Gasteiger partial charge in [0.25, 0.3) is 0 Å². The van der Waals surface area contributed by atoms with Crippen LogP contribution in [0.1, 0.15) is 57.8 Å². The van der Waals surface area contributed by atoms with Gasteiger partial charge in [0, 0.05) is 12.7 Å². The van der Waals surface area contributed by atoms with Crippen molar-refractivity contribution in [1.82, 2.24) is 19.9 Å². The van der Waals surface area contributed by atoms with E-state index < -0.39 is 17.9 Å². The summed E-state index contributed by atoms with van der Waals surface area (Å²) in [6.45, 7) is 9.97. The number of nitrogens with zero attached hydrogens (tertiary/aromatic N) is 4. The van der Waals surface area contributed by atoms with Gasteiger partial charge in [-0.1, -0.05) is 13.3 Å². The molecule has 0 spiro atoms. The molecule has 5 N–H and O–H groups in total. The molecule has 0 unspecified atom stereocenters. The highest BCUT2D eigenvalue weighted by Crippen LogP contribution is 2.37. The maximum Gasteiger partial charge on any atom is 0.224 e. The lowest BCUT2D eigenvalue weighted by molar-refractivity contribution is -0.0361. The van der Waals surface area contributed by atoms with Gasteiger partial charge in [-0.25, -0.2) is 9.97 Å². The average molecular weight is 501 g/mol. The Morgan fingerprint density at radius 1 is 1.14 bits per heavy atom. The molecule has 190 valence electrons. The van der Waals surface area contributed by atoms with Gasteiger partial charge in [0.2, 0.25) is 5.95 Å². The lowest BCUT2D eigenvalue weighted by Crippen LogP contribution is -2.41. The predicted octanol–water partition coefficient (Wildman–Crippen LogP) is 3.87. The second kappa shape index (κ2) is 10.3. The summed E-state index contributed by atoms with van der Waals surface area (Å²) in [4.78, 5) is 18.5. The summed E-state index contributed by atoms with van der Waals surface area (Å²) in [6.07, 6.45) is 2.76. The van der Waals surface area contributed by atoms with E-state index in [1.54, 1.807) is 20.0 Å². The third kappa shape index (κ3) is 6.24. The van der Waals surface area contributed by atoms with Crippen LogP contribution in [0.2, 0.25) is 0 Å². The number of hydrogen-bond acceptors (Lipinski definition) is 10. The zero-order valence-electron chi connectivity index (χ0n) is 21.0. The van der Waals surface area contributed by atoms with Crippen molar-refractivity contribution in [2.24, 2.45) is 11.8 Å². The van der Waals surface area contributed by atoms with Crippen LogP contribution in [-0.4, -0.2) is 59.7 Å². The van der Waals surface area contributed by atoms with Crippen LogP contribution in [0, 0.1) is 25.7 Å². The number of aliphatic hydroxyl groups is 3. The summed E-state index contributed by atoms with van der Waals surface area (Å²) >= 11 is 1.51. The van der Waals surface area contributed by atoms with Crippen molar-refractivity contribution in [2.45, 2.75) is 78.2 Å². The number of aryl methyl sites for hydroxylation is 2. The molecule has 1 aliphatic rings. The molecule has 1 fully saturated rings. The van der Waals surface area contributed by atoms with Gasteiger partial charge in [0.15, 0.2) is 6.23 Å². The summed E-state index contributed by atoms with van der Waals surface area (Å²) in [7, 11) is 0. The van der Waals surface area contributed by atoms with E-state index in [9.17, 15) is 15.3 Å². The van der Waals surface area contributed by atoms with Gasteiger partial charge in [-0.05, 0) is 64.9 Å². The van der Waals surface area contributed by atoms with Gasteiger partial charge in [-0.3, -0.25) is 4.98 Å². The summed E-state index contributed by atoms with van der Waals surface area (Å²) in [5, 5.41) is 39.2. The van der Waals surface area contributed by atoms with Crippen LogP contribution >= 0.6 is 11.3 Å². The van der Waals surface area contributed by atoms with Gasteiger partial charge >= 0.3 is 0 Å². The van der Waals surface area contributed by atoms with Crippen molar-refractivity contribution < 1.29 is 15.3 Å². The van der Waals surface area contributed by atoms with Gasteiger partial charge in [0.1, 0.15) is 22.4 Å². The summed E-state index contributed by atoms with van der Waals surface area (Å²) in [5.74, 6) is 1.23. The fourth-order valence-corrected chi connectivity index (χ4v) is 5.40. The van der Waals surface area contributed by atoms with E-state index in [-0.39, 0.29) is 5.92 Å². The molecule has 9 nitrogen and oxygen atoms in total. The largest absolute Gasteiger partial charge is 0.390 e. The van der Waals surface area contributed by atoms with E-state index in [2.05, 4.69) is 25.6 Å². The molecule has 3 atom stereocenters. The molecule has 0 aromatic carbocycles. The van der Waals surface area contributed by atoms with Crippen LogP contribution in [0.5, 0.6) is 0 Å². The first-order valence-electron chi connectivity index (χ1n) is 12.3. The first-order valence-corrected chi connectivity index (χ1v) is 13.1. The molecular weight excluding hydrogens is 464 g/mol. The van der Waals surface area contributed by atoms with Crippen molar-refractivity contribution in [3.63, 3.8) is 0 Å². The third-order valence-electron chi connectivity index (χ3n) is 6.42. The van der Waals surface area contributed by atoms with E-state index >= 15 is 0 Å². The smallest absolute Gasteiger partial charge is 0.224 e. The normalized spacial score (nSPS) is 16.8. The number of rotatable bonds is 11. The average Bonchev–Trinajstić information content (AvgIpc) is 3.52. The Hall–Kier alpha value is -2.40. The monoisotopic (exact) mass is 500 g/mol. The van der Waals surface area contributed by atoms with Crippen LogP contribution in [0.25, 0.3) is 20.8 Å². The maximum absolute atomic E-state index is 11.0. The summed E-state index contributed by atoms with van der Waals surface area (Å²) in [5.41, 5.74) is 2.12. The maximum atomic E-state index is 11.0. The zero-order chi connectivity index (χ0) is 25.3. The van der Waals surface area contributed by atoms with Crippen molar-refractivity contribution in [2.75, 3.05) is 17.2 Å². The molecule has 0 radical (unpaired) electrons. The van der Waals surface area contributed by atoms with Crippen LogP contribution < -0.4 is 10.6 Å². The SMILES string of the molecule is CC[C@H](CC(C)(C)O)[C@@H](O)[C@@H](O)Nc1nc(NCC2CC2)nc(C)c1-c1nc2c(C)nccc2s1. The van der Waals surface area contributed by atoms with Crippen molar-refractivity contribution >= 4 is 33.3 Å². The second-order valence-electron chi connectivity index (χ2n) is 10.2. The Morgan fingerprint density at radius 2 is 1.89 bits per heavy atom. The Kier molecular flexibility index (Phi) is 7.56. The van der Waals surface area contributed by atoms with E-state index in [1.807, 2.05) is 26.8 Å². The molecule has 3 heterocycles. The molecule has 35 heavy (non-hydrogen) atoms. The van der Waals surface area contributed by atoms with Gasteiger partial charge < -0.3 is 26.0 Å². The minimum absolute atomic E-state index is 0.299. The molecule has 0 amide bonds. The first-order chi connectivity index (χ1) is 16.6. The lowest BCUT2D eigenvalue weighted by atomic mass is 9.86. The Balaban J connectivity index is 1.68. The zero-order valence-corrected chi connectivity index (χ0v) is 21.9. The standard InChI is InChI=1S/C25H36N6O3S/c1-6-16(11-25(4,5)34)20(32)22(33)30-21-18(13(2)28-24(31-21)27-12-15-7-8-15)23-29-19-14(3)26-10-9-17(19)35-23/h9-10,15-16,20,22,32-34H,6-8,11-12H2,1-5H3,(H2,27,28,30,31)/t16-,20-,22-/m1/s1. The quantitative estimate of drug-likeness (QED) is 0.249. The molecule has 1 aliphatic carbocycles. The summed E-state index contributed by atoms with van der Waals surface area (Å²) in [6, 6.07) is 1.93. The van der Waals surface area contributed by atoms with Crippen molar-refractivity contribution in [3.8, 4) is 10.6 Å². The summed E-state index contributed by atoms with van der Waals surface area (Å²) < 4.78 is 1.01. The topological polar surface area (TPSA) is 136 Å². The van der Waals surface area contributed by atoms with E-state index in [4.69, 9.17) is 4.98 Å². The molecule has 3 aromatic heterocycles. The Labute approximate surface area is 210 Å². The highest BCUT2D eigenvalue weighted by Gasteiger charge is 2.31. The third-order valence-corrected chi connectivity index (χ3v) is 7.46. The number of nitrogens with one attached hydrogen (secondary N) is 2. The van der Waals surface area contributed by atoms with E-state index in [0.29, 0.717) is 36.1 Å². The van der Waals surface area contributed by atoms with Gasteiger partial charge in [-0.2, -0.15) is 4.98 Å². The number of aromatic nitrogens is 4. The highest BCUT2D eigenvalue weighted by atomic mass is 32.1. The van der Waals surface area contributed by atoms with Crippen LogP contribution in [0.4, 0.5) is 11.8 Å². The van der Waals surface area contributed by atoms with Gasteiger partial charge in [0.05, 0.1) is 27.3 Å². The highest BCUT2D eigenvalue weighted by molar-refractivity contribution is 7.21. The first kappa shape index (κ1) is 25.7. The number of pyridine rings is 1. The second-order valence-corrected chi connectivity index (χ2v) is 11.2. The Morgan fingerprint density at radius 3 is 2.51 bits per heavy atom. The van der Waals surface area contributed by atoms with Gasteiger partial charge in [-0.15, -0.1) is 11.3 Å².